The van der Waals surface area contributed by atoms with Crippen LogP contribution in [0.15, 0.2) is 60.0 Å². The standard InChI is InChI=1S/C23H26N2OS/c1-26-21-11-9-18(10-12-21)7-8-19-13-15-25(16-14-19)23-24-22(17-27-23)20-5-3-2-4-6-20/h2-6,9-12,17,19H,7-8,13-16H2,1H3. The maximum atomic E-state index is 5.24. The molecule has 0 saturated carbocycles. The van der Waals surface area contributed by atoms with Gasteiger partial charge >= 0.3 is 0 Å². The van der Waals surface area contributed by atoms with Gasteiger partial charge in [0.2, 0.25) is 0 Å². The Morgan fingerprint density at radius 1 is 1.04 bits per heavy atom. The van der Waals surface area contributed by atoms with E-state index in [0.717, 1.165) is 36.9 Å². The van der Waals surface area contributed by atoms with E-state index >= 15 is 0 Å². The van der Waals surface area contributed by atoms with Crippen LogP contribution in [0.2, 0.25) is 0 Å². The van der Waals surface area contributed by atoms with Crippen LogP contribution in [-0.2, 0) is 6.42 Å². The zero-order chi connectivity index (χ0) is 18.5. The molecule has 0 spiro atoms. The second-order valence-electron chi connectivity index (χ2n) is 7.20. The Balaban J connectivity index is 1.28. The first-order valence-corrected chi connectivity index (χ1v) is 10.6. The van der Waals surface area contributed by atoms with Crippen molar-refractivity contribution in [3.63, 3.8) is 0 Å². The Morgan fingerprint density at radius 2 is 1.78 bits per heavy atom. The summed E-state index contributed by atoms with van der Waals surface area (Å²) in [5.41, 5.74) is 3.71. The van der Waals surface area contributed by atoms with Crippen LogP contribution in [0.25, 0.3) is 11.3 Å². The van der Waals surface area contributed by atoms with Gasteiger partial charge in [0.1, 0.15) is 5.75 Å². The van der Waals surface area contributed by atoms with Crippen LogP contribution >= 0.6 is 11.3 Å². The Hall–Kier alpha value is -2.33. The minimum absolute atomic E-state index is 0.817. The summed E-state index contributed by atoms with van der Waals surface area (Å²) in [7, 11) is 1.72. The number of piperidine rings is 1. The van der Waals surface area contributed by atoms with E-state index in [2.05, 4.69) is 58.8 Å². The highest BCUT2D eigenvalue weighted by molar-refractivity contribution is 7.14. The monoisotopic (exact) mass is 378 g/mol. The molecular weight excluding hydrogens is 352 g/mol. The average Bonchev–Trinajstić information content (AvgIpc) is 3.24. The summed E-state index contributed by atoms with van der Waals surface area (Å²) in [6.07, 6.45) is 4.95. The van der Waals surface area contributed by atoms with E-state index in [0.29, 0.717) is 0 Å². The summed E-state index contributed by atoms with van der Waals surface area (Å²) in [6.45, 7) is 2.24. The minimum atomic E-state index is 0.817. The van der Waals surface area contributed by atoms with Gasteiger partial charge < -0.3 is 9.64 Å². The van der Waals surface area contributed by atoms with Crippen molar-refractivity contribution in [1.82, 2.24) is 4.98 Å². The molecule has 1 fully saturated rings. The number of hydrogen-bond donors (Lipinski definition) is 0. The van der Waals surface area contributed by atoms with Crippen molar-refractivity contribution in [2.24, 2.45) is 5.92 Å². The van der Waals surface area contributed by atoms with Crippen molar-refractivity contribution in [3.05, 3.63) is 65.5 Å². The molecule has 1 aliphatic rings. The molecule has 140 valence electrons. The molecule has 0 radical (unpaired) electrons. The molecule has 0 amide bonds. The lowest BCUT2D eigenvalue weighted by atomic mass is 9.91. The SMILES string of the molecule is COc1ccc(CCC2CCN(c3nc(-c4ccccc4)cs3)CC2)cc1. The number of benzene rings is 2. The number of aromatic nitrogens is 1. The third-order valence-electron chi connectivity index (χ3n) is 5.45. The molecule has 1 saturated heterocycles. The van der Waals surface area contributed by atoms with Gasteiger partial charge in [0.15, 0.2) is 5.13 Å². The number of hydrogen-bond acceptors (Lipinski definition) is 4. The summed E-state index contributed by atoms with van der Waals surface area (Å²) in [5.74, 6) is 1.75. The van der Waals surface area contributed by atoms with Crippen LogP contribution in [0.5, 0.6) is 5.75 Å². The molecule has 4 heteroatoms. The van der Waals surface area contributed by atoms with E-state index in [1.54, 1.807) is 18.4 Å². The fraction of sp³-hybridized carbons (Fsp3) is 0.348. The predicted molar refractivity (Wildman–Crippen MR) is 114 cm³/mol. The molecule has 0 atom stereocenters. The van der Waals surface area contributed by atoms with Gasteiger partial charge in [-0.1, -0.05) is 42.5 Å². The predicted octanol–water partition coefficient (Wildman–Crippen LogP) is 5.67. The number of anilines is 1. The van der Waals surface area contributed by atoms with E-state index in [4.69, 9.17) is 9.72 Å². The minimum Gasteiger partial charge on any atom is -0.497 e. The van der Waals surface area contributed by atoms with Gasteiger partial charge in [-0.2, -0.15) is 0 Å². The van der Waals surface area contributed by atoms with Gasteiger partial charge in [0.05, 0.1) is 12.8 Å². The smallest absolute Gasteiger partial charge is 0.185 e. The first-order valence-electron chi connectivity index (χ1n) is 9.70. The normalized spacial score (nSPS) is 15.1. The van der Waals surface area contributed by atoms with Crippen LogP contribution < -0.4 is 9.64 Å². The molecule has 0 unspecified atom stereocenters. The molecule has 0 N–H and O–H groups in total. The third kappa shape index (κ3) is 4.51. The van der Waals surface area contributed by atoms with Gasteiger partial charge in [0, 0.05) is 24.0 Å². The molecule has 2 aromatic carbocycles. The molecule has 3 aromatic rings. The number of thiazole rings is 1. The van der Waals surface area contributed by atoms with E-state index in [1.165, 1.54) is 35.5 Å². The molecule has 27 heavy (non-hydrogen) atoms. The molecule has 0 bridgehead atoms. The zero-order valence-electron chi connectivity index (χ0n) is 15.8. The van der Waals surface area contributed by atoms with E-state index in [1.807, 2.05) is 6.07 Å². The fourth-order valence-corrected chi connectivity index (χ4v) is 4.62. The summed E-state index contributed by atoms with van der Waals surface area (Å²) >= 11 is 1.77. The van der Waals surface area contributed by atoms with Gasteiger partial charge in [-0.3, -0.25) is 0 Å². The second-order valence-corrected chi connectivity index (χ2v) is 8.04. The van der Waals surface area contributed by atoms with Crippen LogP contribution in [0.4, 0.5) is 5.13 Å². The molecule has 4 rings (SSSR count). The largest absolute Gasteiger partial charge is 0.497 e. The lowest BCUT2D eigenvalue weighted by molar-refractivity contribution is 0.381. The summed E-state index contributed by atoms with van der Waals surface area (Å²) in [5, 5.41) is 3.35. The maximum Gasteiger partial charge on any atom is 0.185 e. The summed E-state index contributed by atoms with van der Waals surface area (Å²) in [6, 6.07) is 19.0. The maximum absolute atomic E-state index is 5.24. The van der Waals surface area contributed by atoms with E-state index in [9.17, 15) is 0 Å². The summed E-state index contributed by atoms with van der Waals surface area (Å²) < 4.78 is 5.24. The number of nitrogens with zero attached hydrogens (tertiary/aromatic N) is 2. The average molecular weight is 379 g/mol. The first kappa shape index (κ1) is 18.1. The molecule has 1 aliphatic heterocycles. The van der Waals surface area contributed by atoms with Crippen LogP contribution in [0, 0.1) is 5.92 Å². The lowest BCUT2D eigenvalue weighted by Gasteiger charge is -2.31. The fourth-order valence-electron chi connectivity index (χ4n) is 3.73. The highest BCUT2D eigenvalue weighted by Gasteiger charge is 2.21. The Bertz CT molecular complexity index is 836. The second kappa shape index (κ2) is 8.57. The quantitative estimate of drug-likeness (QED) is 0.553. The van der Waals surface area contributed by atoms with Crippen molar-refractivity contribution < 1.29 is 4.74 Å². The molecule has 1 aromatic heterocycles. The van der Waals surface area contributed by atoms with Crippen molar-refractivity contribution in [3.8, 4) is 17.0 Å². The van der Waals surface area contributed by atoms with Crippen molar-refractivity contribution in [2.45, 2.75) is 25.7 Å². The highest BCUT2D eigenvalue weighted by atomic mass is 32.1. The van der Waals surface area contributed by atoms with Gasteiger partial charge in [-0.25, -0.2) is 4.98 Å². The molecular formula is C23H26N2OS. The van der Waals surface area contributed by atoms with Gasteiger partial charge in [-0.15, -0.1) is 11.3 Å². The third-order valence-corrected chi connectivity index (χ3v) is 6.35. The number of methoxy groups -OCH3 is 1. The Kier molecular flexibility index (Phi) is 5.73. The van der Waals surface area contributed by atoms with E-state index in [-0.39, 0.29) is 0 Å². The van der Waals surface area contributed by atoms with E-state index < -0.39 is 0 Å². The highest BCUT2D eigenvalue weighted by Crippen LogP contribution is 2.31. The van der Waals surface area contributed by atoms with Crippen LogP contribution in [0.3, 0.4) is 0 Å². The van der Waals surface area contributed by atoms with Crippen molar-refractivity contribution >= 4 is 16.5 Å². The van der Waals surface area contributed by atoms with Crippen molar-refractivity contribution in [1.29, 1.82) is 0 Å². The van der Waals surface area contributed by atoms with Gasteiger partial charge in [0.25, 0.3) is 0 Å². The number of rotatable bonds is 6. The molecule has 3 nitrogen and oxygen atoms in total. The topological polar surface area (TPSA) is 25.4 Å². The van der Waals surface area contributed by atoms with Crippen LogP contribution in [0.1, 0.15) is 24.8 Å². The summed E-state index contributed by atoms with van der Waals surface area (Å²) in [4.78, 5) is 7.33. The Morgan fingerprint density at radius 3 is 2.48 bits per heavy atom. The number of aryl methyl sites for hydroxylation is 1. The van der Waals surface area contributed by atoms with Gasteiger partial charge in [-0.05, 0) is 49.3 Å². The lowest BCUT2D eigenvalue weighted by Crippen LogP contribution is -2.33. The Labute approximate surface area is 165 Å². The number of ether oxygens (including phenoxy) is 1. The zero-order valence-corrected chi connectivity index (χ0v) is 16.6. The first-order chi connectivity index (χ1) is 13.3. The van der Waals surface area contributed by atoms with Crippen molar-refractivity contribution in [2.75, 3.05) is 25.1 Å². The molecule has 0 aliphatic carbocycles. The molecule has 2 heterocycles. The van der Waals surface area contributed by atoms with Crippen LogP contribution in [-0.4, -0.2) is 25.2 Å².